The quantitative estimate of drug-likeness (QED) is 0.311. The Kier molecular flexibility index (Phi) is 5.72. The van der Waals surface area contributed by atoms with Gasteiger partial charge in [-0.1, -0.05) is 6.58 Å². The average Bonchev–Trinajstić information content (AvgIpc) is 2.56. The summed E-state index contributed by atoms with van der Waals surface area (Å²) in [6.07, 6.45) is -1.94. The Morgan fingerprint density at radius 3 is 2.24 bits per heavy atom. The summed E-state index contributed by atoms with van der Waals surface area (Å²) in [7, 11) is 0. The van der Waals surface area contributed by atoms with Gasteiger partial charge in [0, 0.05) is 6.08 Å². The van der Waals surface area contributed by atoms with Gasteiger partial charge in [-0.2, -0.15) is 0 Å². The highest BCUT2D eigenvalue weighted by Gasteiger charge is 2.38. The molecule has 8 nitrogen and oxygen atoms in total. The van der Waals surface area contributed by atoms with E-state index in [-0.39, 0.29) is 0 Å². The molecule has 0 bridgehead atoms. The van der Waals surface area contributed by atoms with Crippen LogP contribution in [-0.4, -0.2) is 56.3 Å². The highest BCUT2D eigenvalue weighted by Crippen LogP contribution is 2.20. The van der Waals surface area contributed by atoms with Gasteiger partial charge >= 0.3 is 11.9 Å². The van der Waals surface area contributed by atoms with Gasteiger partial charge in [-0.05, 0) is 0 Å². The van der Waals surface area contributed by atoms with Crippen molar-refractivity contribution in [2.45, 2.75) is 12.2 Å². The second-order valence-electron chi connectivity index (χ2n) is 2.85. The van der Waals surface area contributed by atoms with Crippen LogP contribution in [0, 0.1) is 0 Å². The van der Waals surface area contributed by atoms with E-state index >= 15 is 0 Å². The van der Waals surface area contributed by atoms with Gasteiger partial charge in [0.15, 0.2) is 11.9 Å². The van der Waals surface area contributed by atoms with Crippen LogP contribution in [0.5, 0.6) is 0 Å². The minimum atomic E-state index is -1.42. The highest BCUT2D eigenvalue weighted by atomic mass is 16.6. The molecule has 1 aliphatic rings. The smallest absolute Gasteiger partial charge is 0.377 e. The number of esters is 1. The molecule has 0 aromatic rings. The largest absolute Gasteiger partial charge is 0.505 e. The predicted molar refractivity (Wildman–Crippen MR) is 53.1 cm³/mol. The van der Waals surface area contributed by atoms with Gasteiger partial charge in [0.25, 0.3) is 0 Å². The lowest BCUT2D eigenvalue weighted by Gasteiger charge is -2.13. The topological polar surface area (TPSA) is 145 Å². The third kappa shape index (κ3) is 4.13. The first kappa shape index (κ1) is 14.9. The van der Waals surface area contributed by atoms with E-state index in [1.165, 1.54) is 0 Å². The van der Waals surface area contributed by atoms with Crippen LogP contribution >= 0.6 is 0 Å². The van der Waals surface area contributed by atoms with Crippen molar-refractivity contribution in [2.24, 2.45) is 0 Å². The van der Waals surface area contributed by atoms with Crippen molar-refractivity contribution in [2.75, 3.05) is 6.61 Å². The van der Waals surface area contributed by atoms with Gasteiger partial charge < -0.3 is 30.3 Å². The molecule has 0 saturated carbocycles. The second-order valence-corrected chi connectivity index (χ2v) is 2.85. The number of carbonyl (C=O) groups is 2. The van der Waals surface area contributed by atoms with Crippen molar-refractivity contribution >= 4 is 11.9 Å². The van der Waals surface area contributed by atoms with E-state index in [4.69, 9.17) is 25.5 Å². The molecule has 17 heavy (non-hydrogen) atoms. The van der Waals surface area contributed by atoms with E-state index in [1.807, 2.05) is 0 Å². The number of carbonyl (C=O) groups excluding carboxylic acids is 1. The summed E-state index contributed by atoms with van der Waals surface area (Å²) < 4.78 is 4.32. The molecule has 1 aliphatic heterocycles. The van der Waals surface area contributed by atoms with Crippen molar-refractivity contribution < 1.29 is 39.9 Å². The standard InChI is InChI=1S/C6H8O6.C3H4O2/c7-1-2(8)5-3(9)4(10)6(11)12-5;1-2-3(4)5/h2,5,7-10H,1H2;2H,1H2,(H,4,5)/t2-,5+;/m0./s1. The van der Waals surface area contributed by atoms with Crippen molar-refractivity contribution in [1.82, 2.24) is 0 Å². The summed E-state index contributed by atoms with van der Waals surface area (Å²) in [6, 6.07) is 0. The van der Waals surface area contributed by atoms with Crippen LogP contribution in [0.4, 0.5) is 0 Å². The molecule has 2 atom stereocenters. The molecule has 0 fully saturated rings. The van der Waals surface area contributed by atoms with Gasteiger partial charge in [-0.25, -0.2) is 9.59 Å². The molecule has 0 unspecified atom stereocenters. The number of carboxylic acids is 1. The predicted octanol–water partition coefficient (Wildman–Crippen LogP) is -1.15. The molecule has 0 radical (unpaired) electrons. The molecule has 5 N–H and O–H groups in total. The lowest BCUT2D eigenvalue weighted by atomic mass is 10.2. The molecule has 1 heterocycles. The fourth-order valence-corrected chi connectivity index (χ4v) is 0.823. The number of aliphatic hydroxyl groups is 4. The Morgan fingerprint density at radius 2 is 2.00 bits per heavy atom. The van der Waals surface area contributed by atoms with Gasteiger partial charge in [-0.15, -0.1) is 0 Å². The molecular weight excluding hydrogens is 236 g/mol. The van der Waals surface area contributed by atoms with Crippen molar-refractivity contribution in [1.29, 1.82) is 0 Å². The third-order valence-corrected chi connectivity index (χ3v) is 1.65. The number of ether oxygens (including phenoxy) is 1. The maximum absolute atomic E-state index is 10.5. The number of hydrogen-bond donors (Lipinski definition) is 5. The van der Waals surface area contributed by atoms with Crippen LogP contribution in [0.3, 0.4) is 0 Å². The Hall–Kier alpha value is -2.06. The van der Waals surface area contributed by atoms with Crippen molar-refractivity contribution in [3.8, 4) is 0 Å². The Bertz CT molecular complexity index is 345. The molecule has 0 aromatic carbocycles. The van der Waals surface area contributed by atoms with E-state index in [1.54, 1.807) is 0 Å². The fourth-order valence-electron chi connectivity index (χ4n) is 0.823. The number of rotatable bonds is 3. The van der Waals surface area contributed by atoms with Crippen LogP contribution in [0.2, 0.25) is 0 Å². The van der Waals surface area contributed by atoms with Gasteiger partial charge in [0.2, 0.25) is 5.76 Å². The van der Waals surface area contributed by atoms with Crippen LogP contribution in [0.15, 0.2) is 24.2 Å². The summed E-state index contributed by atoms with van der Waals surface area (Å²) in [6.45, 7) is 2.29. The van der Waals surface area contributed by atoms with Crippen molar-refractivity contribution in [3.63, 3.8) is 0 Å². The average molecular weight is 248 g/mol. The molecule has 0 saturated heterocycles. The zero-order valence-electron chi connectivity index (χ0n) is 8.61. The Labute approximate surface area is 95.7 Å². The first-order valence-electron chi connectivity index (χ1n) is 4.32. The molecule has 0 aliphatic carbocycles. The first-order valence-corrected chi connectivity index (χ1v) is 4.32. The van der Waals surface area contributed by atoms with E-state index in [9.17, 15) is 9.59 Å². The van der Waals surface area contributed by atoms with E-state index in [2.05, 4.69) is 11.3 Å². The lowest BCUT2D eigenvalue weighted by molar-refractivity contribution is -0.147. The zero-order chi connectivity index (χ0) is 13.6. The number of cyclic esters (lactones) is 1. The van der Waals surface area contributed by atoms with Crippen LogP contribution in [-0.2, 0) is 14.3 Å². The summed E-state index contributed by atoms with van der Waals surface area (Å²) in [5.74, 6) is -3.76. The van der Waals surface area contributed by atoms with E-state index in [0.717, 1.165) is 6.08 Å². The molecule has 0 amide bonds. The fraction of sp³-hybridized carbons (Fsp3) is 0.333. The maximum atomic E-state index is 10.5. The summed E-state index contributed by atoms with van der Waals surface area (Å²) in [5.41, 5.74) is 0. The van der Waals surface area contributed by atoms with E-state index < -0.39 is 42.3 Å². The minimum absolute atomic E-state index is 0.671. The SMILES string of the molecule is C=CC(=O)O.O=C1O[C@H]([C@@H](O)CO)C(O)=C1O. The second kappa shape index (κ2) is 6.51. The summed E-state index contributed by atoms with van der Waals surface area (Å²) in [5, 5.41) is 42.6. The molecule has 1 rings (SSSR count). The molecular formula is C9H12O8. The number of aliphatic hydroxyl groups excluding tert-OH is 4. The van der Waals surface area contributed by atoms with Gasteiger partial charge in [-0.3, -0.25) is 0 Å². The van der Waals surface area contributed by atoms with Gasteiger partial charge in [0.1, 0.15) is 6.10 Å². The normalized spacial score (nSPS) is 20.1. The highest BCUT2D eigenvalue weighted by molar-refractivity contribution is 5.89. The molecule has 8 heteroatoms. The first-order chi connectivity index (χ1) is 7.84. The molecule has 0 spiro atoms. The molecule has 96 valence electrons. The monoisotopic (exact) mass is 248 g/mol. The molecule has 0 aromatic heterocycles. The zero-order valence-corrected chi connectivity index (χ0v) is 8.61. The minimum Gasteiger partial charge on any atom is -0.505 e. The van der Waals surface area contributed by atoms with Crippen LogP contribution in [0.1, 0.15) is 0 Å². The van der Waals surface area contributed by atoms with Crippen LogP contribution in [0.25, 0.3) is 0 Å². The number of carboxylic acid groups (broad SMARTS) is 1. The third-order valence-electron chi connectivity index (χ3n) is 1.65. The van der Waals surface area contributed by atoms with Crippen LogP contribution < -0.4 is 0 Å². The summed E-state index contributed by atoms with van der Waals surface area (Å²) in [4.78, 5) is 19.8. The summed E-state index contributed by atoms with van der Waals surface area (Å²) >= 11 is 0. The maximum Gasteiger partial charge on any atom is 0.377 e. The van der Waals surface area contributed by atoms with Crippen molar-refractivity contribution in [3.05, 3.63) is 24.2 Å². The lowest BCUT2D eigenvalue weighted by Crippen LogP contribution is -2.31. The Morgan fingerprint density at radius 1 is 1.53 bits per heavy atom. The van der Waals surface area contributed by atoms with E-state index in [0.29, 0.717) is 0 Å². The Balaban J connectivity index is 0.000000437. The number of aliphatic carboxylic acids is 1. The number of hydrogen-bond acceptors (Lipinski definition) is 7. The van der Waals surface area contributed by atoms with Gasteiger partial charge in [0.05, 0.1) is 6.61 Å².